The van der Waals surface area contributed by atoms with Gasteiger partial charge in [0.25, 0.3) is 0 Å². The second-order valence-electron chi connectivity index (χ2n) is 4.48. The van der Waals surface area contributed by atoms with Crippen LogP contribution in [0, 0.1) is 17.1 Å². The second kappa shape index (κ2) is 8.63. The Kier molecular flexibility index (Phi) is 7.09. The minimum Gasteiger partial charge on any atom is -0.313 e. The predicted octanol–water partition coefficient (Wildman–Crippen LogP) is 2.52. The molecule has 1 N–H and O–H groups in total. The van der Waals surface area contributed by atoms with E-state index in [1.807, 2.05) is 6.07 Å². The molecular formula is C15H22FN3. The van der Waals surface area contributed by atoms with Gasteiger partial charge in [-0.05, 0) is 50.8 Å². The first-order valence-corrected chi connectivity index (χ1v) is 6.82. The molecule has 0 heterocycles. The molecule has 19 heavy (non-hydrogen) atoms. The summed E-state index contributed by atoms with van der Waals surface area (Å²) in [5.41, 5.74) is 1.06. The summed E-state index contributed by atoms with van der Waals surface area (Å²) in [6.45, 7) is 8.82. The van der Waals surface area contributed by atoms with Crippen molar-refractivity contribution in [3.05, 3.63) is 35.1 Å². The number of nitrogens with one attached hydrogen (secondary N) is 1. The highest BCUT2D eigenvalue weighted by atomic mass is 19.1. The largest absolute Gasteiger partial charge is 0.313 e. The first-order chi connectivity index (χ1) is 9.21. The van der Waals surface area contributed by atoms with Crippen molar-refractivity contribution in [3.63, 3.8) is 0 Å². The lowest BCUT2D eigenvalue weighted by atomic mass is 10.1. The molecule has 0 spiro atoms. The molecule has 3 nitrogen and oxygen atoms in total. The Labute approximate surface area is 115 Å². The molecule has 0 unspecified atom stereocenters. The Balaban J connectivity index is 2.32. The fourth-order valence-corrected chi connectivity index (χ4v) is 1.97. The van der Waals surface area contributed by atoms with Crippen LogP contribution in [0.1, 0.15) is 31.4 Å². The SMILES string of the molecule is CCN(CC)CCCNCc1cc(C#N)ccc1F. The van der Waals surface area contributed by atoms with Crippen LogP contribution >= 0.6 is 0 Å². The molecule has 0 atom stereocenters. The Morgan fingerprint density at radius 3 is 2.68 bits per heavy atom. The number of rotatable bonds is 8. The summed E-state index contributed by atoms with van der Waals surface area (Å²) in [4.78, 5) is 2.36. The van der Waals surface area contributed by atoms with Gasteiger partial charge in [-0.1, -0.05) is 13.8 Å². The fraction of sp³-hybridized carbons (Fsp3) is 0.533. The molecule has 1 rings (SSSR count). The predicted molar refractivity (Wildman–Crippen MR) is 75.2 cm³/mol. The van der Waals surface area contributed by atoms with Gasteiger partial charge in [-0.15, -0.1) is 0 Å². The van der Waals surface area contributed by atoms with Crippen LogP contribution < -0.4 is 5.32 Å². The lowest BCUT2D eigenvalue weighted by molar-refractivity contribution is 0.298. The highest BCUT2D eigenvalue weighted by Crippen LogP contribution is 2.09. The first-order valence-electron chi connectivity index (χ1n) is 6.82. The summed E-state index contributed by atoms with van der Waals surface area (Å²) in [5.74, 6) is -0.254. The third-order valence-corrected chi connectivity index (χ3v) is 3.21. The number of hydrogen-bond acceptors (Lipinski definition) is 3. The van der Waals surface area contributed by atoms with E-state index in [9.17, 15) is 4.39 Å². The average molecular weight is 263 g/mol. The van der Waals surface area contributed by atoms with Gasteiger partial charge in [0.1, 0.15) is 5.82 Å². The molecule has 0 aromatic heterocycles. The van der Waals surface area contributed by atoms with Crippen molar-refractivity contribution in [2.45, 2.75) is 26.8 Å². The first kappa shape index (κ1) is 15.6. The van der Waals surface area contributed by atoms with Crippen molar-refractivity contribution in [1.29, 1.82) is 5.26 Å². The van der Waals surface area contributed by atoms with Crippen LogP contribution in [0.15, 0.2) is 18.2 Å². The van der Waals surface area contributed by atoms with Crippen LogP contribution in [0.5, 0.6) is 0 Å². The number of benzene rings is 1. The van der Waals surface area contributed by atoms with Gasteiger partial charge in [-0.2, -0.15) is 5.26 Å². The highest BCUT2D eigenvalue weighted by Gasteiger charge is 2.03. The van der Waals surface area contributed by atoms with Gasteiger partial charge in [0.15, 0.2) is 0 Å². The fourth-order valence-electron chi connectivity index (χ4n) is 1.97. The maximum absolute atomic E-state index is 13.5. The van der Waals surface area contributed by atoms with Crippen LogP contribution in [0.2, 0.25) is 0 Å². The Morgan fingerprint density at radius 2 is 2.05 bits per heavy atom. The molecule has 0 amide bonds. The van der Waals surface area contributed by atoms with Gasteiger partial charge < -0.3 is 10.2 Å². The van der Waals surface area contributed by atoms with E-state index < -0.39 is 0 Å². The van der Waals surface area contributed by atoms with Crippen LogP contribution in [0.3, 0.4) is 0 Å². The summed E-state index contributed by atoms with van der Waals surface area (Å²) in [7, 11) is 0. The third-order valence-electron chi connectivity index (χ3n) is 3.21. The topological polar surface area (TPSA) is 39.1 Å². The number of hydrogen-bond donors (Lipinski definition) is 1. The smallest absolute Gasteiger partial charge is 0.127 e. The normalized spacial score (nSPS) is 10.7. The zero-order valence-electron chi connectivity index (χ0n) is 11.7. The van der Waals surface area contributed by atoms with Crippen LogP contribution in [0.4, 0.5) is 4.39 Å². The molecular weight excluding hydrogens is 241 g/mol. The zero-order chi connectivity index (χ0) is 14.1. The summed E-state index contributed by atoms with van der Waals surface area (Å²) >= 11 is 0. The number of halogens is 1. The molecule has 0 saturated heterocycles. The summed E-state index contributed by atoms with van der Waals surface area (Å²) in [6.07, 6.45) is 1.04. The van der Waals surface area contributed by atoms with E-state index in [0.29, 0.717) is 17.7 Å². The molecule has 0 aliphatic rings. The van der Waals surface area contributed by atoms with Crippen LogP contribution in [0.25, 0.3) is 0 Å². The van der Waals surface area contributed by atoms with E-state index in [0.717, 1.165) is 32.6 Å². The van der Waals surface area contributed by atoms with Gasteiger partial charge in [0, 0.05) is 12.1 Å². The van der Waals surface area contributed by atoms with Crippen molar-refractivity contribution in [1.82, 2.24) is 10.2 Å². The van der Waals surface area contributed by atoms with Gasteiger partial charge in [-0.3, -0.25) is 0 Å². The molecule has 1 aromatic carbocycles. The van der Waals surface area contributed by atoms with E-state index in [4.69, 9.17) is 5.26 Å². The van der Waals surface area contributed by atoms with Gasteiger partial charge >= 0.3 is 0 Å². The standard InChI is InChI=1S/C15H22FN3/c1-3-19(4-2)9-5-8-18-12-14-10-13(11-17)6-7-15(14)16/h6-7,10,18H,3-5,8-9,12H2,1-2H3. The molecule has 0 saturated carbocycles. The quantitative estimate of drug-likeness (QED) is 0.733. The van der Waals surface area contributed by atoms with Crippen molar-refractivity contribution < 1.29 is 4.39 Å². The van der Waals surface area contributed by atoms with Crippen molar-refractivity contribution in [2.75, 3.05) is 26.2 Å². The monoisotopic (exact) mass is 263 g/mol. The molecule has 0 radical (unpaired) electrons. The van der Waals surface area contributed by atoms with Crippen molar-refractivity contribution >= 4 is 0 Å². The Morgan fingerprint density at radius 1 is 1.32 bits per heavy atom. The molecule has 1 aromatic rings. The molecule has 104 valence electrons. The molecule has 0 aliphatic carbocycles. The third kappa shape index (κ3) is 5.37. The summed E-state index contributed by atoms with van der Waals surface area (Å²) in [6, 6.07) is 6.48. The summed E-state index contributed by atoms with van der Waals surface area (Å²) < 4.78 is 13.5. The number of nitriles is 1. The molecule has 0 fully saturated rings. The maximum atomic E-state index is 13.5. The minimum absolute atomic E-state index is 0.254. The lowest BCUT2D eigenvalue weighted by Crippen LogP contribution is -2.27. The maximum Gasteiger partial charge on any atom is 0.127 e. The van der Waals surface area contributed by atoms with E-state index in [1.165, 1.54) is 12.1 Å². The van der Waals surface area contributed by atoms with E-state index in [1.54, 1.807) is 6.07 Å². The second-order valence-corrected chi connectivity index (χ2v) is 4.48. The van der Waals surface area contributed by atoms with E-state index in [2.05, 4.69) is 24.1 Å². The summed E-state index contributed by atoms with van der Waals surface area (Å²) in [5, 5.41) is 12.0. The average Bonchev–Trinajstić information content (AvgIpc) is 2.44. The van der Waals surface area contributed by atoms with Gasteiger partial charge in [-0.25, -0.2) is 4.39 Å². The van der Waals surface area contributed by atoms with E-state index in [-0.39, 0.29) is 5.82 Å². The van der Waals surface area contributed by atoms with Crippen molar-refractivity contribution in [3.8, 4) is 6.07 Å². The minimum atomic E-state index is -0.254. The van der Waals surface area contributed by atoms with Crippen LogP contribution in [-0.2, 0) is 6.54 Å². The lowest BCUT2D eigenvalue weighted by Gasteiger charge is -2.17. The zero-order valence-corrected chi connectivity index (χ0v) is 11.7. The van der Waals surface area contributed by atoms with Crippen LogP contribution in [-0.4, -0.2) is 31.1 Å². The number of nitrogens with zero attached hydrogens (tertiary/aromatic N) is 2. The van der Waals surface area contributed by atoms with Gasteiger partial charge in [0.05, 0.1) is 11.6 Å². The Hall–Kier alpha value is -1.44. The Bertz CT molecular complexity index is 422. The molecule has 0 aliphatic heterocycles. The van der Waals surface area contributed by atoms with Gasteiger partial charge in [0.2, 0.25) is 0 Å². The molecule has 0 bridgehead atoms. The van der Waals surface area contributed by atoms with E-state index >= 15 is 0 Å². The highest BCUT2D eigenvalue weighted by molar-refractivity contribution is 5.33. The van der Waals surface area contributed by atoms with Crippen molar-refractivity contribution in [2.24, 2.45) is 0 Å². The molecule has 4 heteroatoms.